The topological polar surface area (TPSA) is 57.7 Å². The molecular weight excluding hydrogens is 436 g/mol. The number of imide groups is 1. The van der Waals surface area contributed by atoms with Gasteiger partial charge in [-0.05, 0) is 35.9 Å². The summed E-state index contributed by atoms with van der Waals surface area (Å²) in [5.74, 6) is -2.20. The zero-order valence-corrected chi connectivity index (χ0v) is 18.2. The van der Waals surface area contributed by atoms with Gasteiger partial charge >= 0.3 is 0 Å². The molecule has 0 aromatic heterocycles. The van der Waals surface area contributed by atoms with E-state index >= 15 is 0 Å². The van der Waals surface area contributed by atoms with Crippen LogP contribution in [0.3, 0.4) is 0 Å². The number of Topliss-reactive ketones (excluding diaryl/α,β-unsaturated/α-hetero) is 1. The number of halogens is 1. The summed E-state index contributed by atoms with van der Waals surface area (Å²) in [6.07, 6.45) is 3.93. The molecule has 2 saturated heterocycles. The summed E-state index contributed by atoms with van der Waals surface area (Å²) in [5.41, 5.74) is 2.84. The molecule has 2 fully saturated rings. The van der Waals surface area contributed by atoms with Crippen LogP contribution in [0.2, 0.25) is 5.02 Å². The highest BCUT2D eigenvalue weighted by Gasteiger charge is 2.64. The SMILES string of the molecule is O=C(c1ccccc1)[C@@H]1[C@@H]2C(=O)N(c3ccc(Cl)cc3)C(=O)[C@@H]2[C@H]2C=Cc3ccccc3N21. The smallest absolute Gasteiger partial charge is 0.240 e. The molecule has 0 N–H and O–H groups in total. The van der Waals surface area contributed by atoms with Crippen LogP contribution in [0.1, 0.15) is 15.9 Å². The van der Waals surface area contributed by atoms with E-state index in [9.17, 15) is 14.4 Å². The van der Waals surface area contributed by atoms with Crippen molar-refractivity contribution in [3.05, 3.63) is 101 Å². The van der Waals surface area contributed by atoms with Crippen molar-refractivity contribution < 1.29 is 14.4 Å². The molecule has 4 atom stereocenters. The van der Waals surface area contributed by atoms with Crippen LogP contribution in [0, 0.1) is 11.8 Å². The fraction of sp³-hybridized carbons (Fsp3) is 0.148. The molecule has 33 heavy (non-hydrogen) atoms. The van der Waals surface area contributed by atoms with E-state index in [1.54, 1.807) is 36.4 Å². The highest BCUT2D eigenvalue weighted by molar-refractivity contribution is 6.31. The first-order valence-electron chi connectivity index (χ1n) is 10.8. The first-order valence-corrected chi connectivity index (χ1v) is 11.2. The van der Waals surface area contributed by atoms with E-state index in [0.29, 0.717) is 16.3 Å². The summed E-state index contributed by atoms with van der Waals surface area (Å²) < 4.78 is 0. The van der Waals surface area contributed by atoms with Crippen LogP contribution in [0.25, 0.3) is 6.08 Å². The van der Waals surface area contributed by atoms with Crippen LogP contribution in [-0.4, -0.2) is 29.7 Å². The minimum atomic E-state index is -0.776. The summed E-state index contributed by atoms with van der Waals surface area (Å²) in [5, 5.41) is 0.521. The Balaban J connectivity index is 1.50. The van der Waals surface area contributed by atoms with E-state index in [0.717, 1.165) is 11.3 Å². The third kappa shape index (κ3) is 2.89. The lowest BCUT2D eigenvalue weighted by atomic mass is 9.86. The van der Waals surface area contributed by atoms with E-state index in [1.165, 1.54) is 4.90 Å². The summed E-state index contributed by atoms with van der Waals surface area (Å²) >= 11 is 6.01. The molecule has 3 aliphatic rings. The van der Waals surface area contributed by atoms with Crippen molar-refractivity contribution in [3.63, 3.8) is 0 Å². The number of hydrogen-bond acceptors (Lipinski definition) is 4. The first-order chi connectivity index (χ1) is 16.1. The minimum absolute atomic E-state index is 0.155. The number of para-hydroxylation sites is 1. The summed E-state index contributed by atoms with van der Waals surface area (Å²) in [7, 11) is 0. The standard InChI is InChI=1S/C27H19ClN2O3/c28-18-11-13-19(14-12-18)29-26(32)22-21-15-10-16-6-4-5-9-20(16)30(21)24(23(22)27(29)33)25(31)17-7-2-1-3-8-17/h1-15,21-24H/t21-,22-,23-,24+/m1/s1. The van der Waals surface area contributed by atoms with Crippen LogP contribution < -0.4 is 9.80 Å². The monoisotopic (exact) mass is 454 g/mol. The van der Waals surface area contributed by atoms with Gasteiger partial charge in [-0.2, -0.15) is 0 Å². The van der Waals surface area contributed by atoms with Crippen molar-refractivity contribution in [2.45, 2.75) is 12.1 Å². The minimum Gasteiger partial charge on any atom is -0.352 e. The molecule has 3 heterocycles. The molecule has 0 saturated carbocycles. The summed E-state index contributed by atoms with van der Waals surface area (Å²) in [6, 6.07) is 22.2. The van der Waals surface area contributed by atoms with Crippen LogP contribution >= 0.6 is 11.6 Å². The molecule has 6 heteroatoms. The largest absolute Gasteiger partial charge is 0.352 e. The molecule has 0 bridgehead atoms. The Morgan fingerprint density at radius 2 is 1.45 bits per heavy atom. The van der Waals surface area contributed by atoms with Gasteiger partial charge in [0.2, 0.25) is 11.8 Å². The summed E-state index contributed by atoms with van der Waals surface area (Å²) in [6.45, 7) is 0. The first kappa shape index (κ1) is 19.9. The van der Waals surface area contributed by atoms with Gasteiger partial charge in [-0.1, -0.05) is 72.3 Å². The molecule has 3 aromatic rings. The van der Waals surface area contributed by atoms with Crippen LogP contribution in [0.5, 0.6) is 0 Å². The number of fused-ring (bicyclic) bond motifs is 5. The Hall–Kier alpha value is -3.70. The number of rotatable bonds is 3. The highest BCUT2D eigenvalue weighted by atomic mass is 35.5. The molecule has 3 aromatic carbocycles. The van der Waals surface area contributed by atoms with Crippen molar-refractivity contribution >= 4 is 46.6 Å². The van der Waals surface area contributed by atoms with Gasteiger partial charge in [0.1, 0.15) is 6.04 Å². The van der Waals surface area contributed by atoms with Crippen molar-refractivity contribution in [1.29, 1.82) is 0 Å². The zero-order valence-electron chi connectivity index (χ0n) is 17.5. The lowest BCUT2D eigenvalue weighted by molar-refractivity contribution is -0.122. The molecule has 6 rings (SSSR count). The van der Waals surface area contributed by atoms with Gasteiger partial charge in [0.15, 0.2) is 5.78 Å². The maximum absolute atomic E-state index is 13.8. The Labute approximate surface area is 195 Å². The van der Waals surface area contributed by atoms with E-state index in [4.69, 9.17) is 11.6 Å². The fourth-order valence-electron chi connectivity index (χ4n) is 5.43. The predicted molar refractivity (Wildman–Crippen MR) is 127 cm³/mol. The van der Waals surface area contributed by atoms with Crippen molar-refractivity contribution in [1.82, 2.24) is 0 Å². The molecule has 3 aliphatic heterocycles. The number of ketones is 1. The van der Waals surface area contributed by atoms with Gasteiger partial charge in [0, 0.05) is 16.3 Å². The normalized spacial score (nSPS) is 25.1. The van der Waals surface area contributed by atoms with E-state index in [2.05, 4.69) is 0 Å². The molecule has 0 aliphatic carbocycles. The van der Waals surface area contributed by atoms with Gasteiger partial charge in [0.25, 0.3) is 0 Å². The second kappa shape index (κ2) is 7.42. The van der Waals surface area contributed by atoms with Gasteiger partial charge in [-0.15, -0.1) is 0 Å². The second-order valence-corrected chi connectivity index (χ2v) is 8.97. The van der Waals surface area contributed by atoms with Crippen LogP contribution in [-0.2, 0) is 9.59 Å². The average molecular weight is 455 g/mol. The second-order valence-electron chi connectivity index (χ2n) is 8.53. The predicted octanol–water partition coefficient (Wildman–Crippen LogP) is 4.61. The van der Waals surface area contributed by atoms with Crippen molar-refractivity contribution in [3.8, 4) is 0 Å². The molecule has 0 spiro atoms. The molecule has 162 valence electrons. The molecule has 2 amide bonds. The van der Waals surface area contributed by atoms with E-state index in [1.807, 2.05) is 59.5 Å². The van der Waals surface area contributed by atoms with E-state index in [-0.39, 0.29) is 23.6 Å². The number of carbonyl (C=O) groups is 3. The Kier molecular flexibility index (Phi) is 4.49. The Morgan fingerprint density at radius 1 is 0.788 bits per heavy atom. The molecular formula is C27H19ClN2O3. The molecule has 0 radical (unpaired) electrons. The number of anilines is 2. The third-order valence-electron chi connectivity index (χ3n) is 6.83. The number of carbonyl (C=O) groups excluding carboxylic acids is 3. The van der Waals surface area contributed by atoms with Crippen molar-refractivity contribution in [2.24, 2.45) is 11.8 Å². The Morgan fingerprint density at radius 3 is 2.21 bits per heavy atom. The van der Waals surface area contributed by atoms with Gasteiger partial charge in [-0.3, -0.25) is 14.4 Å². The lowest BCUT2D eigenvalue weighted by Gasteiger charge is -2.36. The van der Waals surface area contributed by atoms with Gasteiger partial charge in [0.05, 0.1) is 23.6 Å². The lowest BCUT2D eigenvalue weighted by Crippen LogP contribution is -2.48. The average Bonchev–Trinajstić information content (AvgIpc) is 3.33. The molecule has 5 nitrogen and oxygen atoms in total. The maximum Gasteiger partial charge on any atom is 0.240 e. The highest BCUT2D eigenvalue weighted by Crippen LogP contribution is 2.49. The van der Waals surface area contributed by atoms with Crippen molar-refractivity contribution in [2.75, 3.05) is 9.80 Å². The quantitative estimate of drug-likeness (QED) is 0.428. The third-order valence-corrected chi connectivity index (χ3v) is 7.08. The fourth-order valence-corrected chi connectivity index (χ4v) is 5.56. The van der Waals surface area contributed by atoms with Gasteiger partial charge < -0.3 is 4.90 Å². The zero-order chi connectivity index (χ0) is 22.7. The maximum atomic E-state index is 13.8. The number of benzene rings is 3. The number of hydrogen-bond donors (Lipinski definition) is 0. The number of nitrogens with zero attached hydrogens (tertiary/aromatic N) is 2. The molecule has 0 unspecified atom stereocenters. The van der Waals surface area contributed by atoms with Crippen LogP contribution in [0.15, 0.2) is 84.9 Å². The summed E-state index contributed by atoms with van der Waals surface area (Å²) in [4.78, 5) is 44.4. The van der Waals surface area contributed by atoms with E-state index < -0.39 is 17.9 Å². The number of amides is 2. The van der Waals surface area contributed by atoms with Gasteiger partial charge in [-0.25, -0.2) is 4.90 Å². The Bertz CT molecular complexity index is 1320. The van der Waals surface area contributed by atoms with Crippen LogP contribution in [0.4, 0.5) is 11.4 Å².